The molecule has 0 atom stereocenters. The SMILES string of the molecule is c1ccc(-c2ccncc2-c2cc[nH]c2)cc1. The Bertz CT molecular complexity index is 598. The molecule has 2 aromatic heterocycles. The molecule has 2 heterocycles. The second-order valence-corrected chi connectivity index (χ2v) is 3.89. The maximum absolute atomic E-state index is 4.21. The normalized spacial score (nSPS) is 10.4. The minimum Gasteiger partial charge on any atom is -0.367 e. The number of hydrogen-bond donors (Lipinski definition) is 1. The quantitative estimate of drug-likeness (QED) is 0.700. The number of nitrogens with zero attached hydrogens (tertiary/aromatic N) is 1. The Morgan fingerprint density at radius 2 is 1.71 bits per heavy atom. The molecule has 2 heteroatoms. The Labute approximate surface area is 100.0 Å². The van der Waals surface area contributed by atoms with E-state index in [1.54, 1.807) is 0 Å². The monoisotopic (exact) mass is 220 g/mol. The number of hydrogen-bond acceptors (Lipinski definition) is 1. The van der Waals surface area contributed by atoms with Gasteiger partial charge in [0.15, 0.2) is 0 Å². The molecule has 2 nitrogen and oxygen atoms in total. The molecular formula is C15H12N2. The summed E-state index contributed by atoms with van der Waals surface area (Å²) in [5.74, 6) is 0. The van der Waals surface area contributed by atoms with E-state index in [0.29, 0.717) is 0 Å². The predicted octanol–water partition coefficient (Wildman–Crippen LogP) is 3.74. The summed E-state index contributed by atoms with van der Waals surface area (Å²) in [5, 5.41) is 0. The van der Waals surface area contributed by atoms with E-state index in [0.717, 1.165) is 11.1 Å². The van der Waals surface area contributed by atoms with Crippen molar-refractivity contribution in [3.63, 3.8) is 0 Å². The Hall–Kier alpha value is -2.35. The van der Waals surface area contributed by atoms with Gasteiger partial charge >= 0.3 is 0 Å². The van der Waals surface area contributed by atoms with Gasteiger partial charge in [0.1, 0.15) is 0 Å². The van der Waals surface area contributed by atoms with E-state index in [-0.39, 0.29) is 0 Å². The summed E-state index contributed by atoms with van der Waals surface area (Å²) in [6.07, 6.45) is 7.66. The van der Waals surface area contributed by atoms with Crippen molar-refractivity contribution in [2.24, 2.45) is 0 Å². The molecular weight excluding hydrogens is 208 g/mol. The van der Waals surface area contributed by atoms with E-state index >= 15 is 0 Å². The van der Waals surface area contributed by atoms with Crippen LogP contribution in [0.2, 0.25) is 0 Å². The highest BCUT2D eigenvalue weighted by molar-refractivity contribution is 5.82. The van der Waals surface area contributed by atoms with Crippen LogP contribution in [0.1, 0.15) is 0 Å². The molecule has 0 aliphatic heterocycles. The van der Waals surface area contributed by atoms with Gasteiger partial charge in [-0.2, -0.15) is 0 Å². The topological polar surface area (TPSA) is 28.7 Å². The van der Waals surface area contributed by atoms with Crippen molar-refractivity contribution >= 4 is 0 Å². The maximum Gasteiger partial charge on any atom is 0.0353 e. The van der Waals surface area contributed by atoms with Crippen LogP contribution in [0, 0.1) is 0 Å². The Morgan fingerprint density at radius 3 is 2.47 bits per heavy atom. The fraction of sp³-hybridized carbons (Fsp3) is 0. The van der Waals surface area contributed by atoms with Crippen LogP contribution in [0.4, 0.5) is 0 Å². The first kappa shape index (κ1) is 9.85. The van der Waals surface area contributed by atoms with E-state index in [4.69, 9.17) is 0 Å². The summed E-state index contributed by atoms with van der Waals surface area (Å²) in [4.78, 5) is 7.29. The molecule has 1 N–H and O–H groups in total. The van der Waals surface area contributed by atoms with Crippen molar-refractivity contribution in [3.05, 3.63) is 67.3 Å². The average molecular weight is 220 g/mol. The third-order valence-corrected chi connectivity index (χ3v) is 2.81. The lowest BCUT2D eigenvalue weighted by Gasteiger charge is -2.07. The third kappa shape index (κ3) is 1.85. The van der Waals surface area contributed by atoms with Gasteiger partial charge in [-0.1, -0.05) is 30.3 Å². The predicted molar refractivity (Wildman–Crippen MR) is 69.5 cm³/mol. The molecule has 0 aliphatic carbocycles. The van der Waals surface area contributed by atoms with Crippen LogP contribution in [-0.4, -0.2) is 9.97 Å². The molecule has 17 heavy (non-hydrogen) atoms. The summed E-state index contributed by atoms with van der Waals surface area (Å²) in [6, 6.07) is 14.5. The summed E-state index contributed by atoms with van der Waals surface area (Å²) < 4.78 is 0. The molecule has 0 unspecified atom stereocenters. The van der Waals surface area contributed by atoms with Crippen molar-refractivity contribution in [1.82, 2.24) is 9.97 Å². The first-order chi connectivity index (χ1) is 8.45. The Balaban J connectivity index is 2.18. The summed E-state index contributed by atoms with van der Waals surface area (Å²) >= 11 is 0. The standard InChI is InChI=1S/C15H12N2/c1-2-4-12(5-3-1)14-7-9-17-11-15(14)13-6-8-16-10-13/h1-11,16H. The second kappa shape index (κ2) is 4.26. The Morgan fingerprint density at radius 1 is 0.824 bits per heavy atom. The van der Waals surface area contributed by atoms with Crippen LogP contribution in [0.5, 0.6) is 0 Å². The molecule has 1 aromatic carbocycles. The van der Waals surface area contributed by atoms with Gasteiger partial charge in [0, 0.05) is 35.9 Å². The lowest BCUT2D eigenvalue weighted by Crippen LogP contribution is -1.84. The van der Waals surface area contributed by atoms with Gasteiger partial charge in [-0.25, -0.2) is 0 Å². The highest BCUT2D eigenvalue weighted by atomic mass is 14.6. The van der Waals surface area contributed by atoms with Crippen molar-refractivity contribution in [2.75, 3.05) is 0 Å². The molecule has 0 radical (unpaired) electrons. The lowest BCUT2D eigenvalue weighted by molar-refractivity contribution is 1.33. The molecule has 3 rings (SSSR count). The number of H-pyrrole nitrogens is 1. The molecule has 0 amide bonds. The number of aromatic nitrogens is 2. The molecule has 0 bridgehead atoms. The second-order valence-electron chi connectivity index (χ2n) is 3.89. The van der Waals surface area contributed by atoms with Crippen LogP contribution in [0.3, 0.4) is 0 Å². The number of nitrogens with one attached hydrogen (secondary N) is 1. The van der Waals surface area contributed by atoms with Gasteiger partial charge in [0.25, 0.3) is 0 Å². The van der Waals surface area contributed by atoms with Gasteiger partial charge in [0.2, 0.25) is 0 Å². The summed E-state index contributed by atoms with van der Waals surface area (Å²) in [7, 11) is 0. The molecule has 0 aliphatic rings. The van der Waals surface area contributed by atoms with Gasteiger partial charge in [-0.15, -0.1) is 0 Å². The van der Waals surface area contributed by atoms with Crippen LogP contribution in [0.15, 0.2) is 67.3 Å². The fourth-order valence-corrected chi connectivity index (χ4v) is 1.99. The zero-order valence-corrected chi connectivity index (χ0v) is 9.30. The van der Waals surface area contributed by atoms with E-state index in [2.05, 4.69) is 46.4 Å². The van der Waals surface area contributed by atoms with Gasteiger partial charge in [0.05, 0.1) is 0 Å². The van der Waals surface area contributed by atoms with Gasteiger partial charge in [-0.05, 0) is 23.3 Å². The summed E-state index contributed by atoms with van der Waals surface area (Å²) in [5.41, 5.74) is 4.74. The molecule has 0 saturated heterocycles. The van der Waals surface area contributed by atoms with Crippen LogP contribution < -0.4 is 0 Å². The van der Waals surface area contributed by atoms with Crippen LogP contribution in [0.25, 0.3) is 22.3 Å². The first-order valence-electron chi connectivity index (χ1n) is 5.58. The highest BCUT2D eigenvalue weighted by Crippen LogP contribution is 2.30. The number of rotatable bonds is 2. The minimum absolute atomic E-state index is 1.15. The number of pyridine rings is 1. The van der Waals surface area contributed by atoms with E-state index in [1.807, 2.05) is 30.9 Å². The van der Waals surface area contributed by atoms with Crippen molar-refractivity contribution < 1.29 is 0 Å². The largest absolute Gasteiger partial charge is 0.367 e. The zero-order chi connectivity index (χ0) is 11.5. The average Bonchev–Trinajstić information content (AvgIpc) is 2.94. The summed E-state index contributed by atoms with van der Waals surface area (Å²) in [6.45, 7) is 0. The first-order valence-corrected chi connectivity index (χ1v) is 5.58. The van der Waals surface area contributed by atoms with E-state index < -0.39 is 0 Å². The number of benzene rings is 1. The molecule has 0 spiro atoms. The van der Waals surface area contributed by atoms with Crippen molar-refractivity contribution in [2.45, 2.75) is 0 Å². The maximum atomic E-state index is 4.21. The van der Waals surface area contributed by atoms with E-state index in [9.17, 15) is 0 Å². The van der Waals surface area contributed by atoms with E-state index in [1.165, 1.54) is 11.1 Å². The number of aromatic amines is 1. The van der Waals surface area contributed by atoms with Crippen LogP contribution >= 0.6 is 0 Å². The highest BCUT2D eigenvalue weighted by Gasteiger charge is 2.06. The molecule has 3 aromatic rings. The molecule has 82 valence electrons. The molecule has 0 fully saturated rings. The molecule has 0 saturated carbocycles. The van der Waals surface area contributed by atoms with Crippen molar-refractivity contribution in [3.8, 4) is 22.3 Å². The lowest BCUT2D eigenvalue weighted by atomic mass is 9.98. The Kier molecular flexibility index (Phi) is 2.47. The van der Waals surface area contributed by atoms with Gasteiger partial charge in [-0.3, -0.25) is 4.98 Å². The van der Waals surface area contributed by atoms with Crippen molar-refractivity contribution in [1.29, 1.82) is 0 Å². The third-order valence-electron chi connectivity index (χ3n) is 2.81. The van der Waals surface area contributed by atoms with Crippen LogP contribution in [-0.2, 0) is 0 Å². The minimum atomic E-state index is 1.15. The smallest absolute Gasteiger partial charge is 0.0353 e. The zero-order valence-electron chi connectivity index (χ0n) is 9.30. The van der Waals surface area contributed by atoms with Gasteiger partial charge < -0.3 is 4.98 Å². The fourth-order valence-electron chi connectivity index (χ4n) is 1.99.